The van der Waals surface area contributed by atoms with Gasteiger partial charge in [0.25, 0.3) is 11.7 Å². The van der Waals surface area contributed by atoms with Crippen LogP contribution in [0.1, 0.15) is 48.9 Å². The van der Waals surface area contributed by atoms with Crippen molar-refractivity contribution in [3.8, 4) is 5.75 Å². The number of halogens is 1. The van der Waals surface area contributed by atoms with Crippen LogP contribution in [-0.4, -0.2) is 33.3 Å². The Labute approximate surface area is 203 Å². The second-order valence-corrected chi connectivity index (χ2v) is 8.42. The molecule has 7 heteroatoms. The van der Waals surface area contributed by atoms with Gasteiger partial charge < -0.3 is 14.7 Å². The van der Waals surface area contributed by atoms with E-state index in [0.717, 1.165) is 19.3 Å². The molecule has 0 spiro atoms. The fourth-order valence-electron chi connectivity index (χ4n) is 4.12. The molecule has 1 amide bonds. The number of aliphatic hydroxyl groups excluding tert-OH is 1. The molecular formula is C28H27FN2O4. The first kappa shape index (κ1) is 24.1. The van der Waals surface area contributed by atoms with E-state index >= 15 is 0 Å². The summed E-state index contributed by atoms with van der Waals surface area (Å²) in [4.78, 5) is 31.7. The maximum Gasteiger partial charge on any atom is 0.295 e. The van der Waals surface area contributed by atoms with Crippen LogP contribution in [0.3, 0.4) is 0 Å². The van der Waals surface area contributed by atoms with E-state index < -0.39 is 23.5 Å². The highest BCUT2D eigenvalue weighted by Crippen LogP contribution is 2.40. The van der Waals surface area contributed by atoms with Gasteiger partial charge in [0.15, 0.2) is 0 Å². The number of ketones is 1. The molecule has 1 aromatic heterocycles. The summed E-state index contributed by atoms with van der Waals surface area (Å²) in [5.41, 5.74) is 1.64. The van der Waals surface area contributed by atoms with E-state index in [9.17, 15) is 19.1 Å². The quantitative estimate of drug-likeness (QED) is 0.194. The van der Waals surface area contributed by atoms with Gasteiger partial charge in [-0.2, -0.15) is 0 Å². The first-order valence-electron chi connectivity index (χ1n) is 11.7. The van der Waals surface area contributed by atoms with Crippen molar-refractivity contribution in [2.24, 2.45) is 0 Å². The largest absolute Gasteiger partial charge is 0.507 e. The van der Waals surface area contributed by atoms with Gasteiger partial charge in [0.2, 0.25) is 0 Å². The third kappa shape index (κ3) is 5.40. The number of hydrogen-bond donors (Lipinski definition) is 1. The minimum absolute atomic E-state index is 0.0123. The number of carbonyl (C=O) groups excluding carboxylic acids is 2. The maximum absolute atomic E-state index is 13.4. The molecule has 3 aromatic rings. The molecule has 0 saturated carbocycles. The Balaban J connectivity index is 1.68. The molecule has 1 unspecified atom stereocenters. The number of Topliss-reactive ketones (excluding diaryl/α,β-unsaturated/α-hetero) is 1. The van der Waals surface area contributed by atoms with Crippen molar-refractivity contribution in [1.29, 1.82) is 0 Å². The number of amides is 1. The number of unbranched alkanes of at least 4 members (excludes halogenated alkanes) is 2. The van der Waals surface area contributed by atoms with Crippen LogP contribution in [0.5, 0.6) is 5.75 Å². The Hall–Kier alpha value is -4.00. The first-order valence-corrected chi connectivity index (χ1v) is 11.7. The summed E-state index contributed by atoms with van der Waals surface area (Å²) < 4.78 is 19.1. The van der Waals surface area contributed by atoms with Crippen LogP contribution in [0.15, 0.2) is 78.6 Å². The maximum atomic E-state index is 13.4. The van der Waals surface area contributed by atoms with E-state index in [1.165, 1.54) is 17.0 Å². The van der Waals surface area contributed by atoms with Gasteiger partial charge in [0, 0.05) is 24.5 Å². The molecule has 1 fully saturated rings. The van der Waals surface area contributed by atoms with Crippen molar-refractivity contribution in [3.05, 3.63) is 101 Å². The van der Waals surface area contributed by atoms with Crippen LogP contribution in [0.25, 0.3) is 5.76 Å². The second kappa shape index (κ2) is 11.0. The molecule has 1 saturated heterocycles. The molecule has 4 rings (SSSR count). The minimum atomic E-state index is -0.835. The lowest BCUT2D eigenvalue weighted by Crippen LogP contribution is -2.29. The number of likely N-dealkylation sites (tertiary alicyclic amines) is 1. The summed E-state index contributed by atoms with van der Waals surface area (Å²) in [6.45, 7) is 2.81. The van der Waals surface area contributed by atoms with Gasteiger partial charge in [-0.3, -0.25) is 14.6 Å². The predicted octanol–water partition coefficient (Wildman–Crippen LogP) is 5.41. The minimum Gasteiger partial charge on any atom is -0.507 e. The van der Waals surface area contributed by atoms with Crippen LogP contribution >= 0.6 is 0 Å². The number of aliphatic hydroxyl groups is 1. The molecule has 2 heterocycles. The Morgan fingerprint density at radius 3 is 2.46 bits per heavy atom. The van der Waals surface area contributed by atoms with Gasteiger partial charge >= 0.3 is 0 Å². The Bertz CT molecular complexity index is 1210. The molecule has 6 nitrogen and oxygen atoms in total. The standard InChI is InChI=1S/C28H27FN2O4/c1-2-3-4-16-35-23-13-9-20(10-14-23)26(32)24-25(21-6-5-15-30-17-21)31(28(34)27(24)33)18-19-7-11-22(29)12-8-19/h5-15,17,25,32H,2-4,16,18H2,1H3/b26-24-. The molecule has 0 radical (unpaired) electrons. The summed E-state index contributed by atoms with van der Waals surface area (Å²) in [7, 11) is 0. The Kier molecular flexibility index (Phi) is 7.55. The second-order valence-electron chi connectivity index (χ2n) is 8.42. The summed E-state index contributed by atoms with van der Waals surface area (Å²) in [6, 6.07) is 15.1. The molecule has 1 aliphatic heterocycles. The third-order valence-corrected chi connectivity index (χ3v) is 5.95. The summed E-state index contributed by atoms with van der Waals surface area (Å²) >= 11 is 0. The lowest BCUT2D eigenvalue weighted by atomic mass is 9.96. The zero-order valence-corrected chi connectivity index (χ0v) is 19.5. The van der Waals surface area contributed by atoms with E-state index in [2.05, 4.69) is 11.9 Å². The van der Waals surface area contributed by atoms with Crippen molar-refractivity contribution >= 4 is 17.4 Å². The predicted molar refractivity (Wildman–Crippen MR) is 130 cm³/mol. The van der Waals surface area contributed by atoms with E-state index in [-0.39, 0.29) is 17.9 Å². The van der Waals surface area contributed by atoms with Crippen molar-refractivity contribution in [1.82, 2.24) is 9.88 Å². The topological polar surface area (TPSA) is 79.7 Å². The normalized spacial score (nSPS) is 17.1. The van der Waals surface area contributed by atoms with E-state index in [1.54, 1.807) is 60.9 Å². The Morgan fingerprint density at radius 1 is 1.06 bits per heavy atom. The van der Waals surface area contributed by atoms with Gasteiger partial charge in [0.05, 0.1) is 18.2 Å². The fourth-order valence-corrected chi connectivity index (χ4v) is 4.12. The molecule has 1 atom stereocenters. The molecule has 2 aromatic carbocycles. The molecule has 180 valence electrons. The average Bonchev–Trinajstić information content (AvgIpc) is 3.13. The number of pyridine rings is 1. The van der Waals surface area contributed by atoms with Gasteiger partial charge in [-0.1, -0.05) is 38.0 Å². The van der Waals surface area contributed by atoms with Crippen molar-refractivity contribution in [2.75, 3.05) is 6.61 Å². The molecule has 1 aliphatic rings. The van der Waals surface area contributed by atoms with Crippen LogP contribution in [0.4, 0.5) is 4.39 Å². The van der Waals surface area contributed by atoms with Crippen molar-refractivity contribution < 1.29 is 23.8 Å². The van der Waals surface area contributed by atoms with Gasteiger partial charge in [0.1, 0.15) is 17.3 Å². The summed E-state index contributed by atoms with van der Waals surface area (Å²) in [5, 5.41) is 11.2. The van der Waals surface area contributed by atoms with Gasteiger partial charge in [-0.15, -0.1) is 0 Å². The van der Waals surface area contributed by atoms with Crippen LogP contribution in [0, 0.1) is 5.82 Å². The van der Waals surface area contributed by atoms with Crippen LogP contribution < -0.4 is 4.74 Å². The lowest BCUT2D eigenvalue weighted by molar-refractivity contribution is -0.140. The highest BCUT2D eigenvalue weighted by atomic mass is 19.1. The number of ether oxygens (including phenoxy) is 1. The van der Waals surface area contributed by atoms with Crippen LogP contribution in [0.2, 0.25) is 0 Å². The fraction of sp³-hybridized carbons (Fsp3) is 0.250. The monoisotopic (exact) mass is 474 g/mol. The first-order chi connectivity index (χ1) is 17.0. The summed E-state index contributed by atoms with van der Waals surface area (Å²) in [5.74, 6) is -1.51. The van der Waals surface area contributed by atoms with Gasteiger partial charge in [-0.05, 0) is 60.0 Å². The highest BCUT2D eigenvalue weighted by Gasteiger charge is 2.46. The highest BCUT2D eigenvalue weighted by molar-refractivity contribution is 6.46. The van der Waals surface area contributed by atoms with Crippen molar-refractivity contribution in [2.45, 2.75) is 38.8 Å². The molecule has 0 bridgehead atoms. The SMILES string of the molecule is CCCCCOc1ccc(/C(O)=C2/C(=O)C(=O)N(Cc3ccc(F)cc3)C2c2cccnc2)cc1. The zero-order valence-electron chi connectivity index (χ0n) is 19.5. The van der Waals surface area contributed by atoms with E-state index in [0.29, 0.717) is 29.0 Å². The molecule has 0 aliphatic carbocycles. The van der Waals surface area contributed by atoms with E-state index in [4.69, 9.17) is 4.74 Å². The Morgan fingerprint density at radius 2 is 1.80 bits per heavy atom. The van der Waals surface area contributed by atoms with Gasteiger partial charge in [-0.25, -0.2) is 4.39 Å². The lowest BCUT2D eigenvalue weighted by Gasteiger charge is -2.25. The number of carbonyl (C=O) groups is 2. The molecular weight excluding hydrogens is 447 g/mol. The number of nitrogens with zero attached hydrogens (tertiary/aromatic N) is 2. The number of hydrogen-bond acceptors (Lipinski definition) is 5. The number of aromatic nitrogens is 1. The molecule has 35 heavy (non-hydrogen) atoms. The zero-order chi connectivity index (χ0) is 24.8. The summed E-state index contributed by atoms with van der Waals surface area (Å²) in [6.07, 6.45) is 6.31. The smallest absolute Gasteiger partial charge is 0.295 e. The van der Waals surface area contributed by atoms with Crippen LogP contribution in [-0.2, 0) is 16.1 Å². The van der Waals surface area contributed by atoms with E-state index in [1.807, 2.05) is 0 Å². The molecule has 1 N–H and O–H groups in total. The average molecular weight is 475 g/mol. The number of benzene rings is 2. The van der Waals surface area contributed by atoms with Crippen molar-refractivity contribution in [3.63, 3.8) is 0 Å². The number of rotatable bonds is 9. The third-order valence-electron chi connectivity index (χ3n) is 5.95.